The summed E-state index contributed by atoms with van der Waals surface area (Å²) < 4.78 is 1.52. The molecule has 3 N–H and O–H groups in total. The lowest BCUT2D eigenvalue weighted by molar-refractivity contribution is 0.630. The monoisotopic (exact) mass is 244 g/mol. The van der Waals surface area contributed by atoms with Crippen LogP contribution in [0.2, 0.25) is 0 Å². The molecule has 1 heterocycles. The number of aryl methyl sites for hydroxylation is 1. The van der Waals surface area contributed by atoms with Crippen molar-refractivity contribution < 1.29 is 0 Å². The number of nitrogen functional groups attached to an aromatic ring is 1. The smallest absolute Gasteiger partial charge is 0.168 e. The molecule has 1 aromatic heterocycles. The molecule has 0 amide bonds. The van der Waals surface area contributed by atoms with Crippen LogP contribution in [0.5, 0.6) is 0 Å². The van der Waals surface area contributed by atoms with Crippen LogP contribution in [0.4, 0.5) is 11.6 Å². The van der Waals surface area contributed by atoms with Crippen molar-refractivity contribution in [3.05, 3.63) is 5.56 Å². The van der Waals surface area contributed by atoms with Gasteiger partial charge in [0.15, 0.2) is 5.82 Å². The lowest BCUT2D eigenvalue weighted by atomic mass is 10.2. The number of rotatable bonds is 5. The van der Waals surface area contributed by atoms with Gasteiger partial charge in [-0.15, -0.1) is 0 Å². The Bertz CT molecular complexity index is 514. The number of aromatic nitrogens is 2. The molecule has 0 aromatic carbocycles. The minimum absolute atomic E-state index is 0.302. The zero-order chi connectivity index (χ0) is 13.1. The largest absolute Gasteiger partial charge is 0.383 e. The molecular weight excluding hydrogens is 228 g/mol. The van der Waals surface area contributed by atoms with E-state index in [0.717, 1.165) is 0 Å². The van der Waals surface area contributed by atoms with Gasteiger partial charge < -0.3 is 11.1 Å². The summed E-state index contributed by atoms with van der Waals surface area (Å²) in [5.74, 6) is 1.53. The van der Waals surface area contributed by atoms with Crippen molar-refractivity contribution in [2.24, 2.45) is 5.92 Å². The summed E-state index contributed by atoms with van der Waals surface area (Å²) in [6.45, 7) is 2.50. The molecule has 0 saturated heterocycles. The summed E-state index contributed by atoms with van der Waals surface area (Å²) >= 11 is 0. The van der Waals surface area contributed by atoms with E-state index in [1.807, 2.05) is 6.07 Å². The van der Waals surface area contributed by atoms with E-state index < -0.39 is 0 Å². The molecule has 2 rings (SSSR count). The van der Waals surface area contributed by atoms with Crippen molar-refractivity contribution in [3.8, 4) is 12.1 Å². The standard InChI is InChI=1S/C12H16N6/c1-8(9-3-4-9)16-12-10(7-14)11(15)18(17-12)6-2-5-13/h8-9H,2-4,6,15H2,1H3,(H,16,17). The number of nitrogens with zero attached hydrogens (tertiary/aromatic N) is 4. The summed E-state index contributed by atoms with van der Waals surface area (Å²) in [4.78, 5) is 0. The third-order valence-corrected chi connectivity index (χ3v) is 3.23. The van der Waals surface area contributed by atoms with Crippen molar-refractivity contribution in [2.75, 3.05) is 11.1 Å². The van der Waals surface area contributed by atoms with Crippen LogP contribution in [-0.2, 0) is 6.54 Å². The summed E-state index contributed by atoms with van der Waals surface area (Å²) in [6, 6.07) is 4.41. The minimum atomic E-state index is 0.302. The highest BCUT2D eigenvalue weighted by Gasteiger charge is 2.29. The molecule has 1 aromatic rings. The van der Waals surface area contributed by atoms with E-state index >= 15 is 0 Å². The van der Waals surface area contributed by atoms with Gasteiger partial charge in [0.05, 0.1) is 19.0 Å². The predicted molar refractivity (Wildman–Crippen MR) is 67.4 cm³/mol. The maximum atomic E-state index is 9.12. The quantitative estimate of drug-likeness (QED) is 0.816. The van der Waals surface area contributed by atoms with Gasteiger partial charge in [0.1, 0.15) is 17.5 Å². The van der Waals surface area contributed by atoms with Gasteiger partial charge in [-0.1, -0.05) is 0 Å². The normalized spacial score (nSPS) is 15.7. The minimum Gasteiger partial charge on any atom is -0.383 e. The number of nitrogens with two attached hydrogens (primary N) is 1. The molecule has 0 bridgehead atoms. The number of anilines is 2. The number of nitrogens with one attached hydrogen (secondary N) is 1. The summed E-state index contributed by atoms with van der Waals surface area (Å²) in [5.41, 5.74) is 6.23. The van der Waals surface area contributed by atoms with Crippen LogP contribution < -0.4 is 11.1 Å². The molecular formula is C12H16N6. The van der Waals surface area contributed by atoms with Gasteiger partial charge in [0, 0.05) is 6.04 Å². The average Bonchev–Trinajstić information content (AvgIpc) is 3.14. The fourth-order valence-corrected chi connectivity index (χ4v) is 1.94. The fraction of sp³-hybridized carbons (Fsp3) is 0.583. The molecule has 0 radical (unpaired) electrons. The number of hydrogen-bond donors (Lipinski definition) is 2. The maximum absolute atomic E-state index is 9.12. The Hall–Kier alpha value is -2.21. The van der Waals surface area contributed by atoms with E-state index in [1.165, 1.54) is 17.5 Å². The first kappa shape index (κ1) is 12.3. The van der Waals surface area contributed by atoms with Crippen LogP contribution in [0.25, 0.3) is 0 Å². The first-order valence-electron chi connectivity index (χ1n) is 6.07. The highest BCUT2D eigenvalue weighted by atomic mass is 15.3. The van der Waals surface area contributed by atoms with Crippen LogP contribution in [0.3, 0.4) is 0 Å². The van der Waals surface area contributed by atoms with Crippen LogP contribution in [0.15, 0.2) is 0 Å². The second-order valence-corrected chi connectivity index (χ2v) is 4.62. The van der Waals surface area contributed by atoms with Crippen molar-refractivity contribution >= 4 is 11.6 Å². The maximum Gasteiger partial charge on any atom is 0.168 e. The zero-order valence-electron chi connectivity index (χ0n) is 10.3. The predicted octanol–water partition coefficient (Wildman–Crippen LogP) is 1.46. The van der Waals surface area contributed by atoms with Crippen LogP contribution in [-0.4, -0.2) is 15.8 Å². The topological polar surface area (TPSA) is 103 Å². The Balaban J connectivity index is 2.18. The van der Waals surface area contributed by atoms with E-state index in [0.29, 0.717) is 42.1 Å². The first-order chi connectivity index (χ1) is 8.67. The Morgan fingerprint density at radius 3 is 2.83 bits per heavy atom. The van der Waals surface area contributed by atoms with E-state index in [4.69, 9.17) is 16.3 Å². The van der Waals surface area contributed by atoms with Crippen LogP contribution in [0, 0.1) is 28.6 Å². The molecule has 1 saturated carbocycles. The molecule has 0 spiro atoms. The van der Waals surface area contributed by atoms with Gasteiger partial charge in [-0.2, -0.15) is 15.6 Å². The second-order valence-electron chi connectivity index (χ2n) is 4.62. The fourth-order valence-electron chi connectivity index (χ4n) is 1.94. The number of nitriles is 2. The molecule has 0 aliphatic heterocycles. The summed E-state index contributed by atoms with van der Waals surface area (Å²) in [6.07, 6.45) is 2.77. The van der Waals surface area contributed by atoms with Crippen molar-refractivity contribution in [3.63, 3.8) is 0 Å². The lowest BCUT2D eigenvalue weighted by Gasteiger charge is -2.11. The van der Waals surface area contributed by atoms with Crippen molar-refractivity contribution in [2.45, 2.75) is 38.8 Å². The third kappa shape index (κ3) is 2.38. The number of hydrogen-bond acceptors (Lipinski definition) is 5. The van der Waals surface area contributed by atoms with Crippen molar-refractivity contribution in [1.82, 2.24) is 9.78 Å². The Morgan fingerprint density at radius 1 is 1.56 bits per heavy atom. The molecule has 6 heteroatoms. The van der Waals surface area contributed by atoms with E-state index in [-0.39, 0.29) is 0 Å². The van der Waals surface area contributed by atoms with Crippen LogP contribution in [0.1, 0.15) is 31.7 Å². The molecule has 18 heavy (non-hydrogen) atoms. The van der Waals surface area contributed by atoms with Gasteiger partial charge in [-0.05, 0) is 25.7 Å². The SMILES string of the molecule is CC(Nc1nn(CCC#N)c(N)c1C#N)C1CC1. The Morgan fingerprint density at radius 2 is 2.28 bits per heavy atom. The lowest BCUT2D eigenvalue weighted by Crippen LogP contribution is -2.18. The highest BCUT2D eigenvalue weighted by Crippen LogP contribution is 2.34. The average molecular weight is 244 g/mol. The molecule has 1 atom stereocenters. The van der Waals surface area contributed by atoms with Gasteiger partial charge in [0.25, 0.3) is 0 Å². The Labute approximate surface area is 106 Å². The van der Waals surface area contributed by atoms with E-state index in [9.17, 15) is 0 Å². The third-order valence-electron chi connectivity index (χ3n) is 3.23. The summed E-state index contributed by atoms with van der Waals surface area (Å²) in [7, 11) is 0. The van der Waals surface area contributed by atoms with Gasteiger partial charge >= 0.3 is 0 Å². The van der Waals surface area contributed by atoms with Gasteiger partial charge in [-0.3, -0.25) is 0 Å². The highest BCUT2D eigenvalue weighted by molar-refractivity contribution is 5.64. The molecule has 1 aliphatic rings. The van der Waals surface area contributed by atoms with Crippen molar-refractivity contribution in [1.29, 1.82) is 10.5 Å². The summed E-state index contributed by atoms with van der Waals surface area (Å²) in [5, 5.41) is 25.2. The molecule has 1 aliphatic carbocycles. The molecule has 94 valence electrons. The second kappa shape index (κ2) is 4.97. The molecule has 1 fully saturated rings. The molecule has 6 nitrogen and oxygen atoms in total. The molecule has 1 unspecified atom stereocenters. The van der Waals surface area contributed by atoms with E-state index in [1.54, 1.807) is 0 Å². The van der Waals surface area contributed by atoms with Gasteiger partial charge in [0.2, 0.25) is 0 Å². The first-order valence-corrected chi connectivity index (χ1v) is 6.07. The van der Waals surface area contributed by atoms with Gasteiger partial charge in [-0.25, -0.2) is 4.68 Å². The zero-order valence-corrected chi connectivity index (χ0v) is 10.3. The Kier molecular flexibility index (Phi) is 3.38. The van der Waals surface area contributed by atoms with E-state index in [2.05, 4.69) is 23.4 Å². The van der Waals surface area contributed by atoms with Crippen LogP contribution >= 0.6 is 0 Å².